The number of halogens is 1. The molecule has 1 aromatic heterocycles. The zero-order valence-electron chi connectivity index (χ0n) is 19.0. The van der Waals surface area contributed by atoms with Gasteiger partial charge in [-0.25, -0.2) is 5.43 Å². The van der Waals surface area contributed by atoms with Gasteiger partial charge in [0.25, 0.3) is 5.91 Å². The highest BCUT2D eigenvalue weighted by Gasteiger charge is 2.14. The van der Waals surface area contributed by atoms with Crippen molar-refractivity contribution in [1.29, 1.82) is 0 Å². The number of para-hydroxylation sites is 1. The van der Waals surface area contributed by atoms with Crippen molar-refractivity contribution in [3.63, 3.8) is 0 Å². The van der Waals surface area contributed by atoms with Gasteiger partial charge in [0.1, 0.15) is 5.58 Å². The van der Waals surface area contributed by atoms with Crippen LogP contribution in [-0.2, 0) is 4.79 Å². The first-order chi connectivity index (χ1) is 16.9. The Bertz CT molecular complexity index is 1360. The molecule has 0 spiro atoms. The molecule has 35 heavy (non-hydrogen) atoms. The topological polar surface area (TPSA) is 102 Å². The molecule has 0 radical (unpaired) electrons. The summed E-state index contributed by atoms with van der Waals surface area (Å²) in [5.41, 5.74) is 5.33. The Morgan fingerprint density at radius 2 is 1.86 bits per heavy atom. The van der Waals surface area contributed by atoms with Crippen LogP contribution in [-0.4, -0.2) is 31.7 Å². The fourth-order valence-electron chi connectivity index (χ4n) is 3.24. The number of methoxy groups -OCH3 is 1. The van der Waals surface area contributed by atoms with Gasteiger partial charge < -0.3 is 19.2 Å². The van der Waals surface area contributed by atoms with Crippen LogP contribution in [0.4, 0.5) is 5.69 Å². The molecular formula is C26H22ClN3O5. The predicted octanol–water partition coefficient (Wildman–Crippen LogP) is 5.18. The number of aryl methyl sites for hydroxylation is 1. The summed E-state index contributed by atoms with van der Waals surface area (Å²) in [6.07, 6.45) is 1.41. The molecule has 0 aliphatic heterocycles. The van der Waals surface area contributed by atoms with E-state index in [1.165, 1.54) is 13.3 Å². The lowest BCUT2D eigenvalue weighted by molar-refractivity contribution is -0.118. The average Bonchev–Trinajstić information content (AvgIpc) is 3.29. The summed E-state index contributed by atoms with van der Waals surface area (Å²) in [5, 5.41) is 7.75. The number of amides is 2. The third-order valence-electron chi connectivity index (χ3n) is 4.96. The van der Waals surface area contributed by atoms with Crippen molar-refractivity contribution in [3.8, 4) is 11.5 Å². The minimum Gasteiger partial charge on any atom is -0.493 e. The molecule has 4 rings (SSSR count). The van der Waals surface area contributed by atoms with Crippen LogP contribution in [0.5, 0.6) is 11.5 Å². The van der Waals surface area contributed by atoms with E-state index < -0.39 is 5.91 Å². The maximum Gasteiger partial charge on any atom is 0.307 e. The molecule has 0 saturated carbocycles. The number of benzene rings is 3. The second-order valence-electron chi connectivity index (χ2n) is 7.58. The highest BCUT2D eigenvalue weighted by atomic mass is 35.5. The van der Waals surface area contributed by atoms with Gasteiger partial charge in [0.2, 0.25) is 0 Å². The van der Waals surface area contributed by atoms with Crippen LogP contribution < -0.4 is 20.2 Å². The van der Waals surface area contributed by atoms with Gasteiger partial charge in [0, 0.05) is 11.1 Å². The van der Waals surface area contributed by atoms with E-state index in [1.54, 1.807) is 24.3 Å². The molecule has 0 unspecified atom stereocenters. The fraction of sp³-hybridized carbons (Fsp3) is 0.115. The standard InChI is InChI=1S/C26H22ClN3O5/c1-16-7-9-19(10-8-16)29-24(31)15-34-25-20(27)11-17(12-22(25)33-2)14-28-30-26(32)23-13-18-5-3-4-6-21(18)35-23/h3-14H,15H2,1-2H3,(H,29,31)(H,30,32)/b28-14+. The first-order valence-corrected chi connectivity index (χ1v) is 11.0. The van der Waals surface area contributed by atoms with Gasteiger partial charge in [-0.1, -0.05) is 47.5 Å². The second-order valence-corrected chi connectivity index (χ2v) is 7.99. The van der Waals surface area contributed by atoms with Crippen molar-refractivity contribution in [2.75, 3.05) is 19.0 Å². The number of carbonyl (C=O) groups is 2. The molecule has 0 aliphatic rings. The van der Waals surface area contributed by atoms with Crippen molar-refractivity contribution in [1.82, 2.24) is 5.43 Å². The van der Waals surface area contributed by atoms with Crippen molar-refractivity contribution < 1.29 is 23.5 Å². The van der Waals surface area contributed by atoms with Crippen LogP contribution in [0.15, 0.2) is 76.2 Å². The summed E-state index contributed by atoms with van der Waals surface area (Å²) in [4.78, 5) is 24.6. The van der Waals surface area contributed by atoms with E-state index in [1.807, 2.05) is 49.4 Å². The number of hydrazone groups is 1. The van der Waals surface area contributed by atoms with E-state index in [-0.39, 0.29) is 29.0 Å². The van der Waals surface area contributed by atoms with Crippen molar-refractivity contribution in [2.45, 2.75) is 6.92 Å². The molecule has 1 heterocycles. The maximum atomic E-state index is 12.3. The number of hydrogen-bond donors (Lipinski definition) is 2. The predicted molar refractivity (Wildman–Crippen MR) is 135 cm³/mol. The Labute approximate surface area is 206 Å². The molecule has 0 atom stereocenters. The van der Waals surface area contributed by atoms with E-state index in [4.69, 9.17) is 25.5 Å². The Kier molecular flexibility index (Phi) is 7.32. The fourth-order valence-corrected chi connectivity index (χ4v) is 3.51. The molecule has 8 nitrogen and oxygen atoms in total. The van der Waals surface area contributed by atoms with E-state index in [0.717, 1.165) is 10.9 Å². The first-order valence-electron chi connectivity index (χ1n) is 10.6. The molecule has 9 heteroatoms. The summed E-state index contributed by atoms with van der Waals surface area (Å²) in [6.45, 7) is 1.71. The normalized spacial score (nSPS) is 10.9. The van der Waals surface area contributed by atoms with E-state index in [0.29, 0.717) is 22.6 Å². The lowest BCUT2D eigenvalue weighted by atomic mass is 10.2. The molecular weight excluding hydrogens is 470 g/mol. The lowest BCUT2D eigenvalue weighted by Crippen LogP contribution is -2.20. The number of anilines is 1. The van der Waals surface area contributed by atoms with Crippen molar-refractivity contribution in [3.05, 3.63) is 88.6 Å². The highest BCUT2D eigenvalue weighted by Crippen LogP contribution is 2.36. The largest absolute Gasteiger partial charge is 0.493 e. The zero-order chi connectivity index (χ0) is 24.8. The van der Waals surface area contributed by atoms with Gasteiger partial charge in [-0.3, -0.25) is 9.59 Å². The molecule has 0 saturated heterocycles. The zero-order valence-corrected chi connectivity index (χ0v) is 19.8. The Hall–Kier alpha value is -4.30. The molecule has 0 fully saturated rings. The Balaban J connectivity index is 1.38. The molecule has 4 aromatic rings. The molecule has 2 N–H and O–H groups in total. The Morgan fingerprint density at radius 3 is 2.60 bits per heavy atom. The van der Waals surface area contributed by atoms with Crippen LogP contribution in [0.2, 0.25) is 5.02 Å². The van der Waals surface area contributed by atoms with Gasteiger partial charge in [0.05, 0.1) is 18.3 Å². The van der Waals surface area contributed by atoms with Gasteiger partial charge >= 0.3 is 5.91 Å². The van der Waals surface area contributed by atoms with Crippen LogP contribution in [0.1, 0.15) is 21.7 Å². The van der Waals surface area contributed by atoms with Crippen molar-refractivity contribution in [2.24, 2.45) is 5.10 Å². The molecule has 0 aliphatic carbocycles. The number of ether oxygens (including phenoxy) is 2. The maximum absolute atomic E-state index is 12.3. The summed E-state index contributed by atoms with van der Waals surface area (Å²) in [5.74, 6) is -0.157. The Morgan fingerprint density at radius 1 is 1.09 bits per heavy atom. The smallest absolute Gasteiger partial charge is 0.307 e. The van der Waals surface area contributed by atoms with Gasteiger partial charge in [0.15, 0.2) is 23.9 Å². The highest BCUT2D eigenvalue weighted by molar-refractivity contribution is 6.32. The number of hydrogen-bond acceptors (Lipinski definition) is 6. The second kappa shape index (κ2) is 10.8. The van der Waals surface area contributed by atoms with Gasteiger partial charge in [-0.2, -0.15) is 5.10 Å². The van der Waals surface area contributed by atoms with Crippen LogP contribution >= 0.6 is 11.6 Å². The van der Waals surface area contributed by atoms with E-state index in [9.17, 15) is 9.59 Å². The third kappa shape index (κ3) is 5.99. The molecule has 178 valence electrons. The minimum absolute atomic E-state index is 0.145. The lowest BCUT2D eigenvalue weighted by Gasteiger charge is -2.13. The number of furan rings is 1. The number of fused-ring (bicyclic) bond motifs is 1. The molecule has 3 aromatic carbocycles. The molecule has 2 amide bonds. The number of carbonyl (C=O) groups excluding carboxylic acids is 2. The van der Waals surface area contributed by atoms with Crippen LogP contribution in [0, 0.1) is 6.92 Å². The van der Waals surface area contributed by atoms with Crippen molar-refractivity contribution >= 4 is 46.3 Å². The summed E-state index contributed by atoms with van der Waals surface area (Å²) in [6, 6.07) is 19.6. The molecule has 0 bridgehead atoms. The first kappa shape index (κ1) is 23.8. The SMILES string of the molecule is COc1cc(/C=N/NC(=O)c2cc3ccccc3o2)cc(Cl)c1OCC(=O)Nc1ccc(C)cc1. The van der Waals surface area contributed by atoms with Gasteiger partial charge in [-0.15, -0.1) is 0 Å². The van der Waals surface area contributed by atoms with E-state index in [2.05, 4.69) is 15.8 Å². The van der Waals surface area contributed by atoms with Gasteiger partial charge in [-0.05, 0) is 48.9 Å². The third-order valence-corrected chi connectivity index (χ3v) is 5.24. The minimum atomic E-state index is -0.491. The van der Waals surface area contributed by atoms with Crippen LogP contribution in [0.3, 0.4) is 0 Å². The average molecular weight is 492 g/mol. The van der Waals surface area contributed by atoms with Crippen LogP contribution in [0.25, 0.3) is 11.0 Å². The summed E-state index contributed by atoms with van der Waals surface area (Å²) in [7, 11) is 1.45. The monoisotopic (exact) mass is 491 g/mol. The number of nitrogens with zero attached hydrogens (tertiary/aromatic N) is 1. The van der Waals surface area contributed by atoms with E-state index >= 15 is 0 Å². The number of nitrogens with one attached hydrogen (secondary N) is 2. The summed E-state index contributed by atoms with van der Waals surface area (Å²) >= 11 is 6.36. The summed E-state index contributed by atoms with van der Waals surface area (Å²) < 4.78 is 16.5. The number of rotatable bonds is 8. The quantitative estimate of drug-likeness (QED) is 0.261.